The highest BCUT2D eigenvalue weighted by Gasteiger charge is 2.15. The van der Waals surface area contributed by atoms with E-state index in [0.29, 0.717) is 29.9 Å². The first-order valence-electron chi connectivity index (χ1n) is 8.34. The van der Waals surface area contributed by atoms with Crippen molar-refractivity contribution in [3.05, 3.63) is 46.3 Å². The number of halogens is 1. The number of rotatable bonds is 9. The van der Waals surface area contributed by atoms with Crippen molar-refractivity contribution in [3.63, 3.8) is 0 Å². The van der Waals surface area contributed by atoms with Gasteiger partial charge in [-0.15, -0.1) is 11.3 Å². The number of methoxy groups -OCH3 is 1. The third-order valence-corrected chi connectivity index (χ3v) is 6.63. The van der Waals surface area contributed by atoms with E-state index in [1.807, 2.05) is 31.2 Å². The summed E-state index contributed by atoms with van der Waals surface area (Å²) in [5, 5.41) is 6.24. The van der Waals surface area contributed by atoms with Crippen LogP contribution >= 0.6 is 22.9 Å². The Balaban J connectivity index is 1.84. The second-order valence-electron chi connectivity index (χ2n) is 5.43. The van der Waals surface area contributed by atoms with Gasteiger partial charge in [-0.05, 0) is 36.8 Å². The largest absolute Gasteiger partial charge is 0.497 e. The second-order valence-corrected chi connectivity index (χ2v) is 9.14. The number of thiophene rings is 1. The minimum atomic E-state index is -3.54. The van der Waals surface area contributed by atoms with Gasteiger partial charge in [0.2, 0.25) is 10.0 Å². The topological polar surface area (TPSA) is 91.8 Å². The first kappa shape index (κ1) is 21.5. The molecular weight excluding hydrogens is 408 g/mol. The molecule has 0 atom stereocenters. The van der Waals surface area contributed by atoms with Crippen molar-refractivity contribution in [2.75, 3.05) is 26.7 Å². The number of sulfonamides is 1. The van der Waals surface area contributed by atoms with Crippen molar-refractivity contribution in [1.82, 2.24) is 15.4 Å². The maximum absolute atomic E-state index is 12.1. The molecule has 2 rings (SSSR count). The summed E-state index contributed by atoms with van der Waals surface area (Å²) >= 11 is 6.81. The van der Waals surface area contributed by atoms with Crippen LogP contribution in [0, 0.1) is 0 Å². The van der Waals surface area contributed by atoms with Crippen LogP contribution in [0.15, 0.2) is 45.6 Å². The normalized spacial score (nSPS) is 12.0. The molecule has 0 fully saturated rings. The smallest absolute Gasteiger partial charge is 0.250 e. The summed E-state index contributed by atoms with van der Waals surface area (Å²) in [5.74, 6) is 1.42. The van der Waals surface area contributed by atoms with Gasteiger partial charge in [-0.25, -0.2) is 18.1 Å². The number of guanidine groups is 1. The van der Waals surface area contributed by atoms with E-state index in [1.54, 1.807) is 13.2 Å². The lowest BCUT2D eigenvalue weighted by atomic mass is 10.2. The Labute approximate surface area is 168 Å². The molecule has 0 bridgehead atoms. The van der Waals surface area contributed by atoms with Crippen LogP contribution in [0.1, 0.15) is 12.5 Å². The Morgan fingerprint density at radius 3 is 2.48 bits per heavy atom. The summed E-state index contributed by atoms with van der Waals surface area (Å²) in [6.07, 6.45) is 0. The fourth-order valence-corrected chi connectivity index (χ4v) is 4.68. The average Bonchev–Trinajstić information content (AvgIpc) is 3.11. The maximum atomic E-state index is 12.1. The van der Waals surface area contributed by atoms with E-state index in [4.69, 9.17) is 16.3 Å². The first-order valence-corrected chi connectivity index (χ1v) is 11.0. The van der Waals surface area contributed by atoms with Crippen molar-refractivity contribution < 1.29 is 13.2 Å². The van der Waals surface area contributed by atoms with E-state index in [9.17, 15) is 8.42 Å². The van der Waals surface area contributed by atoms with Crippen LogP contribution in [0.2, 0.25) is 4.34 Å². The van der Waals surface area contributed by atoms with Gasteiger partial charge < -0.3 is 15.4 Å². The molecule has 0 radical (unpaired) electrons. The van der Waals surface area contributed by atoms with Crippen LogP contribution in [0.5, 0.6) is 5.75 Å². The van der Waals surface area contributed by atoms with Crippen molar-refractivity contribution in [3.8, 4) is 5.75 Å². The van der Waals surface area contributed by atoms with Crippen LogP contribution in [-0.4, -0.2) is 41.1 Å². The van der Waals surface area contributed by atoms with Crippen LogP contribution in [0.4, 0.5) is 0 Å². The standard InChI is InChI=1S/C17H23ClN4O3S2/c1-3-19-17(21-12-13-4-6-14(25-2)7-5-13)20-10-11-22-27(23,24)16-9-8-15(18)26-16/h4-9,22H,3,10-12H2,1-2H3,(H2,19,20,21). The number of nitrogens with one attached hydrogen (secondary N) is 3. The van der Waals surface area contributed by atoms with E-state index in [0.717, 1.165) is 22.6 Å². The molecule has 0 saturated carbocycles. The lowest BCUT2D eigenvalue weighted by Crippen LogP contribution is -2.41. The van der Waals surface area contributed by atoms with Gasteiger partial charge >= 0.3 is 0 Å². The molecule has 0 aliphatic rings. The molecule has 10 heteroatoms. The molecule has 0 spiro atoms. The molecule has 0 aliphatic carbocycles. The Morgan fingerprint density at radius 1 is 1.15 bits per heavy atom. The predicted octanol–water partition coefficient (Wildman–Crippen LogP) is 2.44. The predicted molar refractivity (Wildman–Crippen MR) is 110 cm³/mol. The summed E-state index contributed by atoms with van der Waals surface area (Å²) in [5.41, 5.74) is 1.04. The number of ether oxygens (including phenoxy) is 1. The maximum Gasteiger partial charge on any atom is 0.250 e. The van der Waals surface area contributed by atoms with Gasteiger partial charge in [0.15, 0.2) is 5.96 Å². The molecule has 0 unspecified atom stereocenters. The molecule has 0 saturated heterocycles. The monoisotopic (exact) mass is 430 g/mol. The SMILES string of the molecule is CCNC(=NCc1ccc(OC)cc1)NCCNS(=O)(=O)c1ccc(Cl)s1. The summed E-state index contributed by atoms with van der Waals surface area (Å²) < 4.78 is 32.6. The summed E-state index contributed by atoms with van der Waals surface area (Å²) in [6.45, 7) is 3.79. The third-order valence-electron chi connectivity index (χ3n) is 3.45. The average molecular weight is 431 g/mol. The van der Waals surface area contributed by atoms with Crippen LogP contribution < -0.4 is 20.1 Å². The summed E-state index contributed by atoms with van der Waals surface area (Å²) in [6, 6.07) is 10.7. The van der Waals surface area contributed by atoms with Gasteiger partial charge in [-0.1, -0.05) is 23.7 Å². The Morgan fingerprint density at radius 2 is 1.89 bits per heavy atom. The van der Waals surface area contributed by atoms with Crippen LogP contribution in [-0.2, 0) is 16.6 Å². The first-order chi connectivity index (χ1) is 12.9. The zero-order valence-corrected chi connectivity index (χ0v) is 17.5. The van der Waals surface area contributed by atoms with Gasteiger partial charge in [-0.2, -0.15) is 0 Å². The van der Waals surface area contributed by atoms with Gasteiger partial charge in [0.05, 0.1) is 18.0 Å². The molecule has 1 heterocycles. The molecule has 27 heavy (non-hydrogen) atoms. The molecule has 0 aliphatic heterocycles. The fraction of sp³-hybridized carbons (Fsp3) is 0.353. The number of nitrogens with zero attached hydrogens (tertiary/aromatic N) is 1. The van der Waals surface area contributed by atoms with Gasteiger partial charge in [0, 0.05) is 19.6 Å². The number of hydrogen-bond acceptors (Lipinski definition) is 5. The minimum Gasteiger partial charge on any atom is -0.497 e. The molecule has 0 amide bonds. The Bertz CT molecular complexity index is 851. The molecule has 2 aromatic rings. The van der Waals surface area contributed by atoms with E-state index < -0.39 is 10.0 Å². The van der Waals surface area contributed by atoms with Crippen molar-refractivity contribution >= 4 is 38.9 Å². The van der Waals surface area contributed by atoms with Gasteiger partial charge in [0.25, 0.3) is 0 Å². The number of aliphatic imine (C=N–C) groups is 1. The summed E-state index contributed by atoms with van der Waals surface area (Å²) in [7, 11) is -1.91. The molecule has 1 aromatic heterocycles. The highest BCUT2D eigenvalue weighted by Crippen LogP contribution is 2.25. The zero-order valence-electron chi connectivity index (χ0n) is 15.2. The highest BCUT2D eigenvalue weighted by atomic mass is 35.5. The Kier molecular flexibility index (Phi) is 8.36. The molecular formula is C17H23ClN4O3S2. The lowest BCUT2D eigenvalue weighted by molar-refractivity contribution is 0.414. The molecule has 3 N–H and O–H groups in total. The summed E-state index contributed by atoms with van der Waals surface area (Å²) in [4.78, 5) is 4.50. The third kappa shape index (κ3) is 7.02. The molecule has 7 nitrogen and oxygen atoms in total. The number of hydrogen-bond donors (Lipinski definition) is 3. The molecule has 148 valence electrons. The van der Waals surface area contributed by atoms with Gasteiger partial charge in [0.1, 0.15) is 9.96 Å². The van der Waals surface area contributed by atoms with Crippen LogP contribution in [0.25, 0.3) is 0 Å². The van der Waals surface area contributed by atoms with E-state index in [2.05, 4.69) is 20.3 Å². The lowest BCUT2D eigenvalue weighted by Gasteiger charge is -2.12. The minimum absolute atomic E-state index is 0.201. The van der Waals surface area contributed by atoms with E-state index in [1.165, 1.54) is 6.07 Å². The number of benzene rings is 1. The van der Waals surface area contributed by atoms with Crippen molar-refractivity contribution in [1.29, 1.82) is 0 Å². The van der Waals surface area contributed by atoms with Crippen molar-refractivity contribution in [2.45, 2.75) is 17.7 Å². The fourth-order valence-electron chi connectivity index (χ4n) is 2.12. The van der Waals surface area contributed by atoms with Gasteiger partial charge in [-0.3, -0.25) is 0 Å². The van der Waals surface area contributed by atoms with Crippen molar-refractivity contribution in [2.24, 2.45) is 4.99 Å². The van der Waals surface area contributed by atoms with E-state index >= 15 is 0 Å². The zero-order chi connectivity index (χ0) is 19.7. The quantitative estimate of drug-likeness (QED) is 0.323. The van der Waals surface area contributed by atoms with E-state index in [-0.39, 0.29) is 10.8 Å². The molecule has 1 aromatic carbocycles. The highest BCUT2D eigenvalue weighted by molar-refractivity contribution is 7.91. The van der Waals surface area contributed by atoms with Crippen LogP contribution in [0.3, 0.4) is 0 Å². The Hall–Kier alpha value is -1.81. The second kappa shape index (κ2) is 10.5.